The van der Waals surface area contributed by atoms with Crippen LogP contribution in [0, 0.1) is 13.8 Å². The van der Waals surface area contributed by atoms with Gasteiger partial charge >= 0.3 is 0 Å². The molecule has 0 bridgehead atoms. The minimum absolute atomic E-state index is 0.0478. The quantitative estimate of drug-likeness (QED) is 0.743. The van der Waals surface area contributed by atoms with E-state index in [0.29, 0.717) is 4.90 Å². The van der Waals surface area contributed by atoms with Crippen LogP contribution < -0.4 is 0 Å². The Balaban J connectivity index is 2.48. The van der Waals surface area contributed by atoms with Gasteiger partial charge in [0.05, 0.1) is 27.4 Å². The van der Waals surface area contributed by atoms with Gasteiger partial charge in [-0.05, 0) is 25.4 Å². The van der Waals surface area contributed by atoms with Gasteiger partial charge in [0, 0.05) is 34.0 Å². The van der Waals surface area contributed by atoms with Crippen LogP contribution in [0.1, 0.15) is 34.6 Å². The molecule has 3 aromatic rings. The summed E-state index contributed by atoms with van der Waals surface area (Å²) in [6.45, 7) is -4.38. The summed E-state index contributed by atoms with van der Waals surface area (Å²) in [6.07, 6.45) is -1.06. The number of hydrogen-bond donors (Lipinski definition) is 0. The van der Waals surface area contributed by atoms with Crippen LogP contribution in [0.25, 0.3) is 16.9 Å². The number of carbonyl (C=O) groups is 1. The lowest BCUT2D eigenvalue weighted by molar-refractivity contribution is -0.128. The summed E-state index contributed by atoms with van der Waals surface area (Å²) >= 11 is 0. The van der Waals surface area contributed by atoms with E-state index in [1.807, 2.05) is 0 Å². The number of amides is 1. The highest BCUT2D eigenvalue weighted by Gasteiger charge is 2.18. The van der Waals surface area contributed by atoms with Gasteiger partial charge < -0.3 is 9.30 Å². The monoisotopic (exact) mass is 320 g/mol. The number of nitrogens with zero attached hydrogens (tertiary/aromatic N) is 3. The van der Waals surface area contributed by atoms with Crippen molar-refractivity contribution in [1.29, 1.82) is 0 Å². The molecule has 0 aliphatic rings. The molecule has 2 heterocycles. The zero-order valence-corrected chi connectivity index (χ0v) is 12.5. The summed E-state index contributed by atoms with van der Waals surface area (Å²) in [4.78, 5) is 17.5. The van der Waals surface area contributed by atoms with Gasteiger partial charge in [-0.25, -0.2) is 4.98 Å². The fraction of sp³-hybridized carbons (Fsp3) is 0.263. The smallest absolute Gasteiger partial charge is 0.228 e. The lowest BCUT2D eigenvalue weighted by atomic mass is 10.1. The van der Waals surface area contributed by atoms with Crippen LogP contribution in [0.4, 0.5) is 0 Å². The third kappa shape index (κ3) is 2.97. The molecule has 4 heteroatoms. The van der Waals surface area contributed by atoms with E-state index in [0.717, 1.165) is 11.4 Å². The average Bonchev–Trinajstić information content (AvgIpc) is 3.11. The number of likely N-dealkylation sites (N-methyl/N-ethyl adjacent to an activating group) is 1. The molecule has 0 unspecified atom stereocenters. The number of hydrogen-bond acceptors (Lipinski definition) is 2. The highest BCUT2D eigenvalue weighted by Crippen LogP contribution is 2.26. The predicted octanol–water partition coefficient (Wildman–Crippen LogP) is 3.25. The Labute approximate surface area is 154 Å². The van der Waals surface area contributed by atoms with Gasteiger partial charge in [0.2, 0.25) is 5.91 Å². The van der Waals surface area contributed by atoms with E-state index >= 15 is 0 Å². The Bertz CT molecular complexity index is 1380. The second-order valence-corrected chi connectivity index (χ2v) is 4.93. The van der Waals surface area contributed by atoms with E-state index in [1.165, 1.54) is 6.92 Å². The largest absolute Gasteiger partial charge is 0.348 e. The van der Waals surface area contributed by atoms with Gasteiger partial charge in [0.15, 0.2) is 0 Å². The first-order valence-electron chi connectivity index (χ1n) is 13.2. The molecule has 0 radical (unpaired) electrons. The Morgan fingerprint density at radius 2 is 2.00 bits per heavy atom. The summed E-state index contributed by atoms with van der Waals surface area (Å²) in [6, 6.07) is -4.03. The third-order valence-corrected chi connectivity index (χ3v) is 3.17. The molecule has 1 aromatic carbocycles. The molecule has 0 N–H and O–H groups in total. The van der Waals surface area contributed by atoms with Crippen LogP contribution in [-0.4, -0.2) is 34.2 Å². The number of rotatable bonds is 3. The summed E-state index contributed by atoms with van der Waals surface area (Å²) in [5, 5.41) is 0. The van der Waals surface area contributed by atoms with E-state index in [2.05, 4.69) is 4.98 Å². The molecule has 2 aromatic heterocycles. The molecule has 0 saturated carbocycles. The molecule has 0 atom stereocenters. The zero-order valence-electron chi connectivity index (χ0n) is 25.5. The summed E-state index contributed by atoms with van der Waals surface area (Å²) < 4.78 is 104. The van der Waals surface area contributed by atoms with Crippen LogP contribution >= 0.6 is 0 Å². The van der Waals surface area contributed by atoms with Crippen LogP contribution in [0.2, 0.25) is 0 Å². The molecule has 1 amide bonds. The summed E-state index contributed by atoms with van der Waals surface area (Å²) in [7, 11) is 1.03. The van der Waals surface area contributed by atoms with Crippen molar-refractivity contribution in [1.82, 2.24) is 14.3 Å². The highest BCUT2D eigenvalue weighted by molar-refractivity contribution is 5.81. The number of carbonyl (C=O) groups excluding carboxylic acids is 1. The Morgan fingerprint density at radius 1 is 1.26 bits per heavy atom. The molecule has 4 nitrogen and oxygen atoms in total. The van der Waals surface area contributed by atoms with Gasteiger partial charge in [0.1, 0.15) is 5.65 Å². The first-order valence-corrected chi connectivity index (χ1v) is 6.67. The molecule has 0 fully saturated rings. The number of fused-ring (bicyclic) bond motifs is 1. The molecular formula is C19H21N3O. The molecular weight excluding hydrogens is 286 g/mol. The normalized spacial score (nSPS) is 20.2. The number of imidazole rings is 1. The van der Waals surface area contributed by atoms with Gasteiger partial charge in [-0.15, -0.1) is 0 Å². The summed E-state index contributed by atoms with van der Waals surface area (Å²) in [5.74, 6) is -0.953. The zero-order chi connectivity index (χ0) is 27.7. The number of aromatic nitrogens is 2. The second-order valence-electron chi connectivity index (χ2n) is 4.93. The minimum Gasteiger partial charge on any atom is -0.348 e. The van der Waals surface area contributed by atoms with Gasteiger partial charge in [0.25, 0.3) is 0 Å². The molecule has 0 spiro atoms. The topological polar surface area (TPSA) is 37.6 Å². The number of pyridine rings is 1. The maximum Gasteiger partial charge on any atom is 0.228 e. The fourth-order valence-corrected chi connectivity index (χ4v) is 2.06. The minimum atomic E-state index is -2.96. The second kappa shape index (κ2) is 5.88. The molecule has 0 saturated heterocycles. The fourth-order valence-electron chi connectivity index (χ4n) is 2.06. The predicted molar refractivity (Wildman–Crippen MR) is 92.5 cm³/mol. The van der Waals surface area contributed by atoms with Crippen molar-refractivity contribution in [2.45, 2.75) is 20.2 Å². The summed E-state index contributed by atoms with van der Waals surface area (Å²) in [5.41, 5.74) is -2.09. The van der Waals surface area contributed by atoms with Crippen LogP contribution in [0.5, 0.6) is 0 Å². The van der Waals surface area contributed by atoms with Crippen molar-refractivity contribution in [3.05, 3.63) is 59.2 Å². The first kappa shape index (κ1) is 6.11. The van der Waals surface area contributed by atoms with E-state index in [-0.39, 0.29) is 34.8 Å². The van der Waals surface area contributed by atoms with Gasteiger partial charge in [-0.3, -0.25) is 4.79 Å². The van der Waals surface area contributed by atoms with Crippen molar-refractivity contribution in [3.63, 3.8) is 0 Å². The van der Waals surface area contributed by atoms with Crippen molar-refractivity contribution in [3.8, 4) is 11.3 Å². The maximum absolute atomic E-state index is 12.9. The van der Waals surface area contributed by atoms with Crippen LogP contribution in [0.3, 0.4) is 0 Å². The van der Waals surface area contributed by atoms with E-state index in [4.69, 9.17) is 17.8 Å². The molecule has 118 valence electrons. The SMILES string of the molecule is [2H]c1c([2H])c(C([2H])([2H])[2H])c([2H])c([2H])c1-c1nc2c([2H])c([2H])c(C)c([2H])n2c1CC(=O)N(C)C([2H])([2H])[2H]. The molecule has 3 rings (SSSR count). The number of benzene rings is 1. The van der Waals surface area contributed by atoms with E-state index in [9.17, 15) is 4.79 Å². The van der Waals surface area contributed by atoms with Crippen molar-refractivity contribution < 1.29 is 22.6 Å². The van der Waals surface area contributed by atoms with Crippen molar-refractivity contribution in [2.24, 2.45) is 0 Å². The maximum atomic E-state index is 12.9. The first-order chi connectivity index (χ1) is 16.3. The Morgan fingerprint density at radius 3 is 2.70 bits per heavy atom. The third-order valence-electron chi connectivity index (χ3n) is 3.17. The van der Waals surface area contributed by atoms with E-state index in [1.54, 1.807) is 0 Å². The lowest BCUT2D eigenvalue weighted by Crippen LogP contribution is -2.24. The van der Waals surface area contributed by atoms with Crippen molar-refractivity contribution in [2.75, 3.05) is 14.0 Å². The Hall–Kier alpha value is -2.62. The van der Waals surface area contributed by atoms with Crippen LogP contribution in [-0.2, 0) is 11.2 Å². The van der Waals surface area contributed by atoms with E-state index < -0.39 is 67.5 Å². The van der Waals surface area contributed by atoms with Gasteiger partial charge in [-0.2, -0.15) is 0 Å². The lowest BCUT2D eigenvalue weighted by Gasteiger charge is -2.11. The standard InChI is InChI=1S/C19H21N3O/c1-13-5-8-15(9-6-13)19-16(11-18(23)21(3)4)22-12-14(2)7-10-17(22)20-19/h5-10,12H,11H2,1-4H3/i1D3,3D3,5D,6D,7D,8D,9D,10D,12D. The van der Waals surface area contributed by atoms with Crippen molar-refractivity contribution >= 4 is 11.6 Å². The Kier molecular flexibility index (Phi) is 1.56. The van der Waals surface area contributed by atoms with Gasteiger partial charge in [-0.1, -0.05) is 35.8 Å². The van der Waals surface area contributed by atoms with Crippen LogP contribution in [0.15, 0.2) is 42.4 Å². The molecule has 23 heavy (non-hydrogen) atoms. The highest BCUT2D eigenvalue weighted by atomic mass is 16.2. The molecule has 0 aliphatic carbocycles. The average molecular weight is 320 g/mol. The molecule has 0 aliphatic heterocycles.